The maximum absolute atomic E-state index is 14.4. The minimum absolute atomic E-state index is 0.0174. The molecule has 0 saturated heterocycles. The number of amides is 2. The Labute approximate surface area is 274 Å². The standard InChI is InChI=1S/C32H36Cl3N3O5S/c1-4-28(32(40)36-25-7-5-6-8-25)37(19-22-11-12-23(33)17-27(22)35)31(39)20-38(29-18-24(34)13-16-30(29)43-3)44(41,42)26-14-9-21(2)10-15-26/h9-18,25,28H,4-8,19-20H2,1-3H3,(H,36,40)/t28-/m1/s1. The van der Waals surface area contributed by atoms with Crippen LogP contribution in [-0.2, 0) is 26.2 Å². The number of ether oxygens (including phenoxy) is 1. The Balaban J connectivity index is 1.78. The van der Waals surface area contributed by atoms with Crippen molar-refractivity contribution >= 4 is 62.3 Å². The summed E-state index contributed by atoms with van der Waals surface area (Å²) in [5.41, 5.74) is 1.52. The topological polar surface area (TPSA) is 96.0 Å². The van der Waals surface area contributed by atoms with Crippen LogP contribution in [0, 0.1) is 6.92 Å². The Morgan fingerprint density at radius 1 is 0.977 bits per heavy atom. The van der Waals surface area contributed by atoms with E-state index in [4.69, 9.17) is 39.5 Å². The van der Waals surface area contributed by atoms with Gasteiger partial charge < -0.3 is 15.0 Å². The van der Waals surface area contributed by atoms with Crippen LogP contribution in [0.5, 0.6) is 5.75 Å². The van der Waals surface area contributed by atoms with Crippen LogP contribution in [0.4, 0.5) is 5.69 Å². The second-order valence-corrected chi connectivity index (χ2v) is 14.0. The predicted octanol–water partition coefficient (Wildman–Crippen LogP) is 7.03. The number of rotatable bonds is 12. The number of nitrogens with zero attached hydrogens (tertiary/aromatic N) is 2. The van der Waals surface area contributed by atoms with E-state index < -0.39 is 28.5 Å². The Hall–Kier alpha value is -2.98. The van der Waals surface area contributed by atoms with E-state index in [0.717, 1.165) is 35.6 Å². The van der Waals surface area contributed by atoms with Gasteiger partial charge in [0.2, 0.25) is 11.8 Å². The van der Waals surface area contributed by atoms with Crippen molar-refractivity contribution in [2.24, 2.45) is 0 Å². The summed E-state index contributed by atoms with van der Waals surface area (Å²) in [7, 11) is -2.90. The van der Waals surface area contributed by atoms with Gasteiger partial charge >= 0.3 is 0 Å². The molecule has 2 amide bonds. The van der Waals surface area contributed by atoms with E-state index in [9.17, 15) is 18.0 Å². The Morgan fingerprint density at radius 3 is 2.23 bits per heavy atom. The smallest absolute Gasteiger partial charge is 0.264 e. The van der Waals surface area contributed by atoms with Crippen LogP contribution in [-0.4, -0.2) is 50.9 Å². The molecule has 0 bridgehead atoms. The number of halogens is 3. The maximum atomic E-state index is 14.4. The van der Waals surface area contributed by atoms with Gasteiger partial charge in [-0.05, 0) is 74.2 Å². The van der Waals surface area contributed by atoms with Crippen molar-refractivity contribution < 1.29 is 22.7 Å². The number of hydrogen-bond donors (Lipinski definition) is 1. The van der Waals surface area contributed by atoms with Gasteiger partial charge in [0.05, 0.1) is 17.7 Å². The highest BCUT2D eigenvalue weighted by Crippen LogP contribution is 2.35. The molecular formula is C32H36Cl3N3O5S. The third kappa shape index (κ3) is 7.99. The summed E-state index contributed by atoms with van der Waals surface area (Å²) in [5, 5.41) is 4.09. The molecule has 4 rings (SSSR count). The molecule has 44 heavy (non-hydrogen) atoms. The number of carbonyl (C=O) groups excluding carboxylic acids is 2. The minimum Gasteiger partial charge on any atom is -0.495 e. The first-order valence-electron chi connectivity index (χ1n) is 14.4. The molecule has 0 radical (unpaired) electrons. The molecule has 0 heterocycles. The SMILES string of the molecule is CC[C@H](C(=O)NC1CCCC1)N(Cc1ccc(Cl)cc1Cl)C(=O)CN(c1cc(Cl)ccc1OC)S(=O)(=O)c1ccc(C)cc1. The zero-order chi connectivity index (χ0) is 32.0. The molecule has 0 spiro atoms. The van der Waals surface area contributed by atoms with Crippen molar-refractivity contribution in [3.05, 3.63) is 86.9 Å². The molecule has 1 aliphatic carbocycles. The van der Waals surface area contributed by atoms with Gasteiger partial charge in [0, 0.05) is 27.7 Å². The second-order valence-electron chi connectivity index (χ2n) is 10.8. The lowest BCUT2D eigenvalue weighted by Gasteiger charge is -2.34. The summed E-state index contributed by atoms with van der Waals surface area (Å²) >= 11 is 18.9. The number of sulfonamides is 1. The van der Waals surface area contributed by atoms with Crippen LogP contribution in [0.3, 0.4) is 0 Å². The number of carbonyl (C=O) groups is 2. The summed E-state index contributed by atoms with van der Waals surface area (Å²) < 4.78 is 34.8. The van der Waals surface area contributed by atoms with E-state index in [0.29, 0.717) is 22.0 Å². The molecule has 8 nitrogen and oxygen atoms in total. The number of aryl methyl sites for hydroxylation is 1. The van der Waals surface area contributed by atoms with Gasteiger partial charge in [0.1, 0.15) is 18.3 Å². The molecule has 0 aliphatic heterocycles. The molecule has 0 unspecified atom stereocenters. The second kappa shape index (κ2) is 14.9. The lowest BCUT2D eigenvalue weighted by Crippen LogP contribution is -2.53. The van der Waals surface area contributed by atoms with Gasteiger partial charge in [-0.25, -0.2) is 8.42 Å². The van der Waals surface area contributed by atoms with Gasteiger partial charge in [0.15, 0.2) is 0 Å². The number of methoxy groups -OCH3 is 1. The first kappa shape index (κ1) is 33.9. The molecule has 236 valence electrons. The van der Waals surface area contributed by atoms with Crippen LogP contribution in [0.15, 0.2) is 65.6 Å². The normalized spacial score (nSPS) is 14.2. The molecule has 3 aromatic carbocycles. The fourth-order valence-electron chi connectivity index (χ4n) is 5.33. The zero-order valence-corrected chi connectivity index (χ0v) is 27.9. The fraction of sp³-hybridized carbons (Fsp3) is 0.375. The lowest BCUT2D eigenvalue weighted by atomic mass is 10.1. The third-order valence-corrected chi connectivity index (χ3v) is 10.3. The average molecular weight is 681 g/mol. The highest BCUT2D eigenvalue weighted by Gasteiger charge is 2.36. The van der Waals surface area contributed by atoms with Crippen molar-refractivity contribution in [2.75, 3.05) is 18.0 Å². The molecule has 1 N–H and O–H groups in total. The number of hydrogen-bond acceptors (Lipinski definition) is 5. The van der Waals surface area contributed by atoms with E-state index in [1.807, 2.05) is 13.8 Å². The van der Waals surface area contributed by atoms with Crippen LogP contribution in [0.2, 0.25) is 15.1 Å². The van der Waals surface area contributed by atoms with E-state index >= 15 is 0 Å². The van der Waals surface area contributed by atoms with Gasteiger partial charge in [-0.3, -0.25) is 13.9 Å². The number of nitrogens with one attached hydrogen (secondary N) is 1. The Morgan fingerprint density at radius 2 is 1.61 bits per heavy atom. The molecule has 1 fully saturated rings. The summed E-state index contributed by atoms with van der Waals surface area (Å²) in [6.07, 6.45) is 4.09. The average Bonchev–Trinajstić information content (AvgIpc) is 3.50. The molecule has 3 aromatic rings. The molecular weight excluding hydrogens is 645 g/mol. The van der Waals surface area contributed by atoms with Gasteiger partial charge in [-0.1, -0.05) is 78.3 Å². The van der Waals surface area contributed by atoms with Crippen molar-refractivity contribution in [3.63, 3.8) is 0 Å². The molecule has 1 atom stereocenters. The van der Waals surface area contributed by atoms with Gasteiger partial charge in [-0.15, -0.1) is 0 Å². The largest absolute Gasteiger partial charge is 0.495 e. The van der Waals surface area contributed by atoms with Crippen LogP contribution < -0.4 is 14.4 Å². The molecule has 1 saturated carbocycles. The van der Waals surface area contributed by atoms with Crippen molar-refractivity contribution in [2.45, 2.75) is 69.5 Å². The molecule has 0 aromatic heterocycles. The highest BCUT2D eigenvalue weighted by atomic mass is 35.5. The third-order valence-electron chi connectivity index (χ3n) is 7.74. The van der Waals surface area contributed by atoms with Crippen molar-refractivity contribution in [1.82, 2.24) is 10.2 Å². The van der Waals surface area contributed by atoms with Crippen molar-refractivity contribution in [3.8, 4) is 5.75 Å². The lowest BCUT2D eigenvalue weighted by molar-refractivity contribution is -0.140. The monoisotopic (exact) mass is 679 g/mol. The first-order valence-corrected chi connectivity index (χ1v) is 17.0. The summed E-state index contributed by atoms with van der Waals surface area (Å²) in [4.78, 5) is 29.4. The van der Waals surface area contributed by atoms with Crippen molar-refractivity contribution in [1.29, 1.82) is 0 Å². The van der Waals surface area contributed by atoms with E-state index in [1.165, 1.54) is 36.3 Å². The van der Waals surface area contributed by atoms with Crippen LogP contribution in [0.1, 0.15) is 50.2 Å². The summed E-state index contributed by atoms with van der Waals surface area (Å²) in [5.74, 6) is -0.704. The van der Waals surface area contributed by atoms with Crippen LogP contribution >= 0.6 is 34.8 Å². The predicted molar refractivity (Wildman–Crippen MR) is 175 cm³/mol. The summed E-state index contributed by atoms with van der Waals surface area (Å²) in [6, 6.07) is 14.9. The van der Waals surface area contributed by atoms with Gasteiger partial charge in [0.25, 0.3) is 10.0 Å². The minimum atomic E-state index is -4.30. The molecule has 12 heteroatoms. The van der Waals surface area contributed by atoms with E-state index in [1.54, 1.807) is 36.4 Å². The van der Waals surface area contributed by atoms with E-state index in [-0.39, 0.29) is 39.8 Å². The van der Waals surface area contributed by atoms with E-state index in [2.05, 4.69) is 5.32 Å². The van der Waals surface area contributed by atoms with Gasteiger partial charge in [-0.2, -0.15) is 0 Å². The Bertz CT molecular complexity index is 1600. The fourth-order valence-corrected chi connectivity index (χ4v) is 7.38. The zero-order valence-electron chi connectivity index (χ0n) is 24.9. The molecule has 1 aliphatic rings. The van der Waals surface area contributed by atoms with Crippen LogP contribution in [0.25, 0.3) is 0 Å². The number of benzene rings is 3. The Kier molecular flexibility index (Phi) is 11.5. The number of anilines is 1. The first-order chi connectivity index (χ1) is 20.9. The summed E-state index contributed by atoms with van der Waals surface area (Å²) in [6.45, 7) is 2.98. The highest BCUT2D eigenvalue weighted by molar-refractivity contribution is 7.92. The maximum Gasteiger partial charge on any atom is 0.264 e. The quantitative estimate of drug-likeness (QED) is 0.222.